The lowest BCUT2D eigenvalue weighted by molar-refractivity contribution is -0.161. The summed E-state index contributed by atoms with van der Waals surface area (Å²) in [6.07, 6.45) is 0.401. The van der Waals surface area contributed by atoms with Gasteiger partial charge in [-0.05, 0) is 47.1 Å². The molecule has 1 aliphatic carbocycles. The average molecular weight is 408 g/mol. The van der Waals surface area contributed by atoms with Crippen molar-refractivity contribution in [2.45, 2.75) is 58.4 Å². The Labute approximate surface area is 168 Å². The molecule has 1 amide bonds. The second-order valence-corrected chi connectivity index (χ2v) is 8.37. The number of rotatable bonds is 3. The fraction of sp³-hybridized carbons (Fsp3) is 0.500. The maximum Gasteiger partial charge on any atom is 0.496 e. The fourth-order valence-electron chi connectivity index (χ4n) is 3.11. The molecule has 1 aliphatic heterocycles. The van der Waals surface area contributed by atoms with E-state index in [1.54, 1.807) is 13.0 Å². The number of aryl methyl sites for hydroxylation is 1. The van der Waals surface area contributed by atoms with Gasteiger partial charge in [0.1, 0.15) is 0 Å². The predicted molar refractivity (Wildman–Crippen MR) is 105 cm³/mol. The summed E-state index contributed by atoms with van der Waals surface area (Å²) in [7, 11) is -0.657. The summed E-state index contributed by atoms with van der Waals surface area (Å²) >= 11 is 0. The summed E-state index contributed by atoms with van der Waals surface area (Å²) < 4.78 is 50.9. The van der Waals surface area contributed by atoms with Gasteiger partial charge in [0.2, 0.25) is 0 Å². The molecule has 1 aromatic rings. The Bertz CT molecular complexity index is 862. The Morgan fingerprint density at radius 1 is 1.24 bits per heavy atom. The zero-order chi connectivity index (χ0) is 21.6. The van der Waals surface area contributed by atoms with Gasteiger partial charge in [0.25, 0.3) is 5.91 Å². The van der Waals surface area contributed by atoms with Crippen molar-refractivity contribution in [3.8, 4) is 0 Å². The van der Waals surface area contributed by atoms with Gasteiger partial charge in [0.15, 0.2) is 0 Å². The van der Waals surface area contributed by atoms with E-state index >= 15 is 0 Å². The van der Waals surface area contributed by atoms with Gasteiger partial charge < -0.3 is 14.6 Å². The molecule has 0 saturated carbocycles. The normalized spacial score (nSPS) is 23.1. The number of pyridine rings is 1. The number of hydrogen-bond donors (Lipinski definition) is 1. The number of nitrogens with zero attached hydrogens (tertiary/aromatic N) is 1. The van der Waals surface area contributed by atoms with E-state index in [-0.39, 0.29) is 5.57 Å². The largest absolute Gasteiger partial charge is 0.496 e. The molecule has 9 heteroatoms. The van der Waals surface area contributed by atoms with Gasteiger partial charge in [-0.2, -0.15) is 13.2 Å². The first-order chi connectivity index (χ1) is 13.3. The first kappa shape index (κ1) is 21.6. The van der Waals surface area contributed by atoms with E-state index in [0.717, 1.165) is 6.08 Å². The second-order valence-electron chi connectivity index (χ2n) is 8.37. The van der Waals surface area contributed by atoms with Gasteiger partial charge in [-0.15, -0.1) is 0 Å². The summed E-state index contributed by atoms with van der Waals surface area (Å²) in [5, 5.41) is 2.63. The maximum absolute atomic E-state index is 13.0. The number of alkyl halides is 3. The van der Waals surface area contributed by atoms with Crippen molar-refractivity contribution in [2.24, 2.45) is 5.92 Å². The minimum atomic E-state index is -4.38. The molecular weight excluding hydrogens is 384 g/mol. The number of amides is 1. The molecule has 29 heavy (non-hydrogen) atoms. The van der Waals surface area contributed by atoms with Crippen LogP contribution in [0.2, 0.25) is 0 Å². The lowest BCUT2D eigenvalue weighted by Gasteiger charge is -2.32. The molecule has 0 aromatic carbocycles. The summed E-state index contributed by atoms with van der Waals surface area (Å²) in [5.74, 6) is -2.25. The number of hydrogen-bond acceptors (Lipinski definition) is 4. The minimum Gasteiger partial charge on any atom is -0.399 e. The van der Waals surface area contributed by atoms with Crippen LogP contribution >= 0.6 is 0 Å². The standard InChI is InChI=1S/C20H24BF3N2O3/c1-12-16(21-28-18(2,3)19(4,5)29-21)10-15(11-25-12)26-17(27)13-7-6-8-14(9-13)20(22,23)24/h6-8,10-11,14H,9H2,1-5H3,(H,26,27)/t14-/m1/s1. The number of carbonyl (C=O) groups excluding carboxylic acids is 1. The van der Waals surface area contributed by atoms with Crippen LogP contribution in [0.5, 0.6) is 0 Å². The SMILES string of the molecule is Cc1ncc(NC(=O)C2=CC=C[C@@H](C(F)(F)F)C2)cc1B1OC(C)(C)C(C)(C)O1. The average Bonchev–Trinajstić information content (AvgIpc) is 2.83. The highest BCUT2D eigenvalue weighted by molar-refractivity contribution is 6.62. The van der Waals surface area contributed by atoms with Crippen molar-refractivity contribution in [1.82, 2.24) is 4.98 Å². The highest BCUT2D eigenvalue weighted by Crippen LogP contribution is 2.37. The van der Waals surface area contributed by atoms with Gasteiger partial charge in [-0.25, -0.2) is 0 Å². The van der Waals surface area contributed by atoms with Crippen LogP contribution in [0.15, 0.2) is 36.1 Å². The van der Waals surface area contributed by atoms with E-state index in [0.29, 0.717) is 16.8 Å². The molecule has 3 rings (SSSR count). The predicted octanol–water partition coefficient (Wildman–Crippen LogP) is 3.69. The van der Waals surface area contributed by atoms with Crippen LogP contribution in [0.3, 0.4) is 0 Å². The molecule has 0 spiro atoms. The van der Waals surface area contributed by atoms with Gasteiger partial charge >= 0.3 is 13.3 Å². The molecule has 5 nitrogen and oxygen atoms in total. The van der Waals surface area contributed by atoms with Crippen LogP contribution in [0.1, 0.15) is 39.8 Å². The smallest absolute Gasteiger partial charge is 0.399 e. The Balaban J connectivity index is 1.77. The number of nitrogens with one attached hydrogen (secondary N) is 1. The zero-order valence-electron chi connectivity index (χ0n) is 17.1. The molecular formula is C20H24BF3N2O3. The Hall–Kier alpha value is -2.13. The zero-order valence-corrected chi connectivity index (χ0v) is 17.1. The molecule has 1 aromatic heterocycles. The third kappa shape index (κ3) is 4.40. The number of carbonyl (C=O) groups is 1. The van der Waals surface area contributed by atoms with Crippen molar-refractivity contribution in [1.29, 1.82) is 0 Å². The van der Waals surface area contributed by atoms with Crippen molar-refractivity contribution < 1.29 is 27.3 Å². The minimum absolute atomic E-state index is 0.0626. The van der Waals surface area contributed by atoms with Crippen LogP contribution in [-0.4, -0.2) is 35.4 Å². The van der Waals surface area contributed by atoms with Crippen molar-refractivity contribution in [2.75, 3.05) is 5.32 Å². The molecule has 0 radical (unpaired) electrons. The Morgan fingerprint density at radius 3 is 2.45 bits per heavy atom. The lowest BCUT2D eigenvalue weighted by atomic mass is 9.78. The quantitative estimate of drug-likeness (QED) is 0.776. The number of aromatic nitrogens is 1. The second kappa shape index (κ2) is 7.29. The summed E-state index contributed by atoms with van der Waals surface area (Å²) in [6.45, 7) is 9.53. The Morgan fingerprint density at radius 2 is 1.86 bits per heavy atom. The van der Waals surface area contributed by atoms with E-state index < -0.39 is 42.7 Å². The van der Waals surface area contributed by atoms with Gasteiger partial charge in [-0.1, -0.05) is 18.2 Å². The van der Waals surface area contributed by atoms with E-state index in [1.165, 1.54) is 18.3 Å². The van der Waals surface area contributed by atoms with E-state index in [1.807, 2.05) is 27.7 Å². The summed E-state index contributed by atoms with van der Waals surface area (Å²) in [4.78, 5) is 16.8. The van der Waals surface area contributed by atoms with Crippen molar-refractivity contribution in [3.63, 3.8) is 0 Å². The fourth-order valence-corrected chi connectivity index (χ4v) is 3.11. The molecule has 1 atom stereocenters. The molecule has 156 valence electrons. The van der Waals surface area contributed by atoms with Crippen LogP contribution in [-0.2, 0) is 14.1 Å². The summed E-state index contributed by atoms with van der Waals surface area (Å²) in [5.41, 5.74) is 0.701. The monoisotopic (exact) mass is 408 g/mol. The molecule has 2 heterocycles. The molecule has 0 bridgehead atoms. The molecule has 1 N–H and O–H groups in total. The van der Waals surface area contributed by atoms with Crippen molar-refractivity contribution in [3.05, 3.63) is 41.8 Å². The molecule has 0 unspecified atom stereocenters. The third-order valence-corrected chi connectivity index (χ3v) is 5.68. The maximum atomic E-state index is 13.0. The van der Waals surface area contributed by atoms with E-state index in [9.17, 15) is 18.0 Å². The summed E-state index contributed by atoms with van der Waals surface area (Å²) in [6, 6.07) is 1.68. The highest BCUT2D eigenvalue weighted by Gasteiger charge is 2.52. The first-order valence-electron chi connectivity index (χ1n) is 9.38. The van der Waals surface area contributed by atoms with Crippen LogP contribution < -0.4 is 10.8 Å². The number of halogens is 3. The molecule has 1 fully saturated rings. The first-order valence-corrected chi connectivity index (χ1v) is 9.38. The topological polar surface area (TPSA) is 60.5 Å². The van der Waals surface area contributed by atoms with Gasteiger partial charge in [-0.3, -0.25) is 9.78 Å². The molecule has 1 saturated heterocycles. The number of anilines is 1. The van der Waals surface area contributed by atoms with Crippen LogP contribution in [0.4, 0.5) is 18.9 Å². The van der Waals surface area contributed by atoms with E-state index in [2.05, 4.69) is 10.3 Å². The lowest BCUT2D eigenvalue weighted by Crippen LogP contribution is -2.41. The van der Waals surface area contributed by atoms with Gasteiger partial charge in [0.05, 0.1) is 29.0 Å². The van der Waals surface area contributed by atoms with E-state index in [4.69, 9.17) is 9.31 Å². The van der Waals surface area contributed by atoms with Crippen molar-refractivity contribution >= 4 is 24.2 Å². The molecule has 2 aliphatic rings. The third-order valence-electron chi connectivity index (χ3n) is 5.68. The number of allylic oxidation sites excluding steroid dienone is 3. The van der Waals surface area contributed by atoms with Crippen LogP contribution in [0, 0.1) is 12.8 Å². The van der Waals surface area contributed by atoms with Gasteiger partial charge in [0, 0.05) is 16.7 Å². The Kier molecular flexibility index (Phi) is 5.42. The van der Waals surface area contributed by atoms with Crippen LogP contribution in [0.25, 0.3) is 0 Å². The highest BCUT2D eigenvalue weighted by atomic mass is 19.4.